The summed E-state index contributed by atoms with van der Waals surface area (Å²) in [4.78, 5) is 10.8. The number of primary amides is 1. The molecule has 0 fully saturated rings. The van der Waals surface area contributed by atoms with Crippen LogP contribution in [0.4, 0.5) is 0 Å². The van der Waals surface area contributed by atoms with E-state index in [0.29, 0.717) is 28.1 Å². The molecule has 0 bridgehead atoms. The van der Waals surface area contributed by atoms with Gasteiger partial charge in [-0.1, -0.05) is 0 Å². The number of nitrogens with zero attached hydrogens (tertiary/aromatic N) is 2. The molecule has 0 atom stereocenters. The number of nitrogens with two attached hydrogens (primary N) is 3. The van der Waals surface area contributed by atoms with Gasteiger partial charge in [0.15, 0.2) is 18.1 Å². The van der Waals surface area contributed by atoms with Crippen molar-refractivity contribution < 1.29 is 14.3 Å². The highest BCUT2D eigenvalue weighted by molar-refractivity contribution is 9.10. The Hall–Kier alpha value is -2.29. The van der Waals surface area contributed by atoms with Gasteiger partial charge in [0, 0.05) is 0 Å². The third kappa shape index (κ3) is 5.69. The highest BCUT2D eigenvalue weighted by Gasteiger charge is 2.12. The summed E-state index contributed by atoms with van der Waals surface area (Å²) in [6.45, 7) is 2.00. The van der Waals surface area contributed by atoms with E-state index < -0.39 is 5.91 Å². The van der Waals surface area contributed by atoms with Crippen molar-refractivity contribution >= 4 is 34.0 Å². The summed E-state index contributed by atoms with van der Waals surface area (Å²) in [5, 5.41) is 7.21. The van der Waals surface area contributed by atoms with Gasteiger partial charge in [0.1, 0.15) is 0 Å². The van der Waals surface area contributed by atoms with Crippen molar-refractivity contribution in [2.75, 3.05) is 13.2 Å². The van der Waals surface area contributed by atoms with Crippen molar-refractivity contribution in [2.24, 2.45) is 27.4 Å². The van der Waals surface area contributed by atoms with Crippen LogP contribution in [0.1, 0.15) is 12.5 Å². The van der Waals surface area contributed by atoms with Crippen molar-refractivity contribution in [3.63, 3.8) is 0 Å². The molecule has 1 aromatic carbocycles. The summed E-state index contributed by atoms with van der Waals surface area (Å²) in [5.41, 5.74) is 16.1. The van der Waals surface area contributed by atoms with Crippen molar-refractivity contribution in [1.29, 1.82) is 0 Å². The molecule has 0 heterocycles. The van der Waals surface area contributed by atoms with Crippen molar-refractivity contribution in [2.45, 2.75) is 6.92 Å². The summed E-state index contributed by atoms with van der Waals surface area (Å²) in [7, 11) is 0. The molecular weight excluding hydrogens is 342 g/mol. The summed E-state index contributed by atoms with van der Waals surface area (Å²) >= 11 is 3.33. The van der Waals surface area contributed by atoms with Gasteiger partial charge in [-0.15, -0.1) is 5.10 Å². The second kappa shape index (κ2) is 8.10. The number of hydrogen-bond donors (Lipinski definition) is 3. The molecular formula is C12H16BrN5O3. The Morgan fingerprint density at radius 1 is 1.33 bits per heavy atom. The zero-order valence-electron chi connectivity index (χ0n) is 11.4. The average molecular weight is 358 g/mol. The lowest BCUT2D eigenvalue weighted by atomic mass is 10.2. The van der Waals surface area contributed by atoms with Gasteiger partial charge in [0.05, 0.1) is 17.3 Å². The molecule has 0 aliphatic carbocycles. The standard InChI is InChI=1S/C12H16BrN5O3/c1-2-20-9-4-7(5-17-18-12(15)16)3-8(13)11(9)21-6-10(14)19/h3-5H,2,6H2,1H3,(H2,14,19)(H4,15,16,18). The average Bonchev–Trinajstić information content (AvgIpc) is 2.37. The number of carbonyl (C=O) groups excluding carboxylic acids is 1. The Morgan fingerprint density at radius 2 is 2.05 bits per heavy atom. The minimum atomic E-state index is -0.581. The van der Waals surface area contributed by atoms with E-state index in [-0.39, 0.29) is 12.6 Å². The number of ether oxygens (including phenoxy) is 2. The van der Waals surface area contributed by atoms with E-state index in [1.165, 1.54) is 6.21 Å². The molecule has 1 rings (SSSR count). The van der Waals surface area contributed by atoms with Crippen molar-refractivity contribution in [3.05, 3.63) is 22.2 Å². The Balaban J connectivity index is 3.08. The van der Waals surface area contributed by atoms with Crippen LogP contribution in [0.2, 0.25) is 0 Å². The quantitative estimate of drug-likeness (QED) is 0.366. The third-order valence-corrected chi connectivity index (χ3v) is 2.66. The fourth-order valence-corrected chi connectivity index (χ4v) is 1.95. The molecule has 0 saturated carbocycles. The Morgan fingerprint density at radius 3 is 2.62 bits per heavy atom. The van der Waals surface area contributed by atoms with Crippen LogP contribution in [0.15, 0.2) is 26.8 Å². The minimum absolute atomic E-state index is 0.142. The highest BCUT2D eigenvalue weighted by Crippen LogP contribution is 2.36. The van der Waals surface area contributed by atoms with Crippen LogP contribution < -0.4 is 26.7 Å². The van der Waals surface area contributed by atoms with Gasteiger partial charge in [-0.25, -0.2) is 0 Å². The molecule has 6 N–H and O–H groups in total. The maximum Gasteiger partial charge on any atom is 0.255 e. The fourth-order valence-electron chi connectivity index (χ4n) is 1.37. The van der Waals surface area contributed by atoms with Gasteiger partial charge in [-0.2, -0.15) is 5.10 Å². The molecule has 0 unspecified atom stereocenters. The predicted octanol–water partition coefficient (Wildman–Crippen LogP) is 0.319. The predicted molar refractivity (Wildman–Crippen MR) is 83.4 cm³/mol. The first-order valence-electron chi connectivity index (χ1n) is 5.93. The molecule has 9 heteroatoms. The lowest BCUT2D eigenvalue weighted by Crippen LogP contribution is -2.21. The number of rotatable bonds is 7. The lowest BCUT2D eigenvalue weighted by Gasteiger charge is -2.13. The Labute approximate surface area is 130 Å². The van der Waals surface area contributed by atoms with Crippen molar-refractivity contribution in [3.8, 4) is 11.5 Å². The second-order valence-corrected chi connectivity index (χ2v) is 4.64. The number of amides is 1. The molecule has 1 amide bonds. The molecule has 0 aromatic heterocycles. The van der Waals surface area contributed by atoms with E-state index >= 15 is 0 Å². The maximum atomic E-state index is 10.8. The zero-order chi connectivity index (χ0) is 15.8. The van der Waals surface area contributed by atoms with Gasteiger partial charge in [-0.3, -0.25) is 4.79 Å². The minimum Gasteiger partial charge on any atom is -0.490 e. The SMILES string of the molecule is CCOc1cc(C=NN=C(N)N)cc(Br)c1OCC(N)=O. The molecule has 114 valence electrons. The van der Waals surface area contributed by atoms with Crippen LogP contribution in [0.3, 0.4) is 0 Å². The molecule has 1 aromatic rings. The normalized spacial score (nSPS) is 10.4. The van der Waals surface area contributed by atoms with Crippen LogP contribution in [-0.2, 0) is 4.79 Å². The van der Waals surface area contributed by atoms with E-state index in [1.54, 1.807) is 12.1 Å². The zero-order valence-corrected chi connectivity index (χ0v) is 13.0. The van der Waals surface area contributed by atoms with Crippen LogP contribution in [0.25, 0.3) is 0 Å². The monoisotopic (exact) mass is 357 g/mol. The van der Waals surface area contributed by atoms with E-state index in [1.807, 2.05) is 6.92 Å². The van der Waals surface area contributed by atoms with Gasteiger partial charge in [0.2, 0.25) is 5.96 Å². The summed E-state index contributed by atoms with van der Waals surface area (Å²) in [6, 6.07) is 3.39. The van der Waals surface area contributed by atoms with E-state index in [2.05, 4.69) is 26.1 Å². The second-order valence-electron chi connectivity index (χ2n) is 3.79. The van der Waals surface area contributed by atoms with Crippen LogP contribution in [-0.4, -0.2) is 31.3 Å². The summed E-state index contributed by atoms with van der Waals surface area (Å²) in [5.74, 6) is 0.105. The summed E-state index contributed by atoms with van der Waals surface area (Å²) < 4.78 is 11.4. The first kappa shape index (κ1) is 16.8. The maximum absolute atomic E-state index is 10.8. The van der Waals surface area contributed by atoms with Gasteiger partial charge in [0.25, 0.3) is 5.91 Å². The van der Waals surface area contributed by atoms with Crippen LogP contribution in [0, 0.1) is 0 Å². The first-order valence-corrected chi connectivity index (χ1v) is 6.72. The first-order chi connectivity index (χ1) is 9.93. The van der Waals surface area contributed by atoms with Gasteiger partial charge >= 0.3 is 0 Å². The molecule has 0 aliphatic heterocycles. The smallest absolute Gasteiger partial charge is 0.255 e. The Kier molecular flexibility index (Phi) is 6.47. The van der Waals surface area contributed by atoms with E-state index in [4.69, 9.17) is 26.7 Å². The third-order valence-electron chi connectivity index (χ3n) is 2.07. The van der Waals surface area contributed by atoms with Crippen LogP contribution >= 0.6 is 15.9 Å². The molecule has 0 saturated heterocycles. The van der Waals surface area contributed by atoms with Crippen LogP contribution in [0.5, 0.6) is 11.5 Å². The lowest BCUT2D eigenvalue weighted by molar-refractivity contribution is -0.119. The molecule has 0 aliphatic rings. The van der Waals surface area contributed by atoms with E-state index in [9.17, 15) is 4.79 Å². The molecule has 8 nitrogen and oxygen atoms in total. The molecule has 0 spiro atoms. The fraction of sp³-hybridized carbons (Fsp3) is 0.250. The molecule has 21 heavy (non-hydrogen) atoms. The highest BCUT2D eigenvalue weighted by atomic mass is 79.9. The molecule has 0 radical (unpaired) electrons. The largest absolute Gasteiger partial charge is 0.490 e. The Bertz CT molecular complexity index is 570. The number of benzene rings is 1. The van der Waals surface area contributed by atoms with Gasteiger partial charge in [-0.05, 0) is 40.5 Å². The number of hydrogen-bond acceptors (Lipinski definition) is 5. The summed E-state index contributed by atoms with van der Waals surface area (Å²) in [6.07, 6.45) is 1.45. The van der Waals surface area contributed by atoms with E-state index in [0.717, 1.165) is 0 Å². The number of carbonyl (C=O) groups is 1. The number of guanidine groups is 1. The topological polar surface area (TPSA) is 138 Å². The number of halogens is 1. The van der Waals surface area contributed by atoms with Gasteiger partial charge < -0.3 is 26.7 Å². The van der Waals surface area contributed by atoms with Crippen molar-refractivity contribution in [1.82, 2.24) is 0 Å².